The first-order valence-corrected chi connectivity index (χ1v) is 15.6. The second-order valence-corrected chi connectivity index (χ2v) is 14.1. The smallest absolute Gasteiger partial charge is 0.289 e. The summed E-state index contributed by atoms with van der Waals surface area (Å²) in [6.07, 6.45) is 3.63. The molecular weight excluding hydrogens is 561 g/mol. The maximum atomic E-state index is 13.8. The summed E-state index contributed by atoms with van der Waals surface area (Å²) in [4.78, 5) is 15.7. The third-order valence-corrected chi connectivity index (χ3v) is 9.58. The highest BCUT2D eigenvalue weighted by Gasteiger charge is 2.37. The van der Waals surface area contributed by atoms with Crippen molar-refractivity contribution in [3.8, 4) is 0 Å². The first-order chi connectivity index (χ1) is 19.8. The van der Waals surface area contributed by atoms with Gasteiger partial charge in [-0.25, -0.2) is 0 Å². The fourth-order valence-corrected chi connectivity index (χ4v) is 6.54. The summed E-state index contributed by atoms with van der Waals surface area (Å²) >= 11 is 12.6. The van der Waals surface area contributed by atoms with Crippen molar-refractivity contribution in [1.82, 2.24) is 4.90 Å². The van der Waals surface area contributed by atoms with Crippen molar-refractivity contribution in [3.05, 3.63) is 127 Å². The van der Waals surface area contributed by atoms with Gasteiger partial charge in [0.1, 0.15) is 5.76 Å². The highest BCUT2D eigenvalue weighted by Crippen LogP contribution is 2.46. The monoisotopic (exact) mass is 601 g/mol. The number of benzene rings is 3. The van der Waals surface area contributed by atoms with Crippen molar-refractivity contribution in [1.29, 1.82) is 0 Å². The van der Waals surface area contributed by atoms with Crippen molar-refractivity contribution < 1.29 is 9.21 Å². The molecule has 3 nitrogen and oxygen atoms in total. The van der Waals surface area contributed by atoms with Crippen LogP contribution in [0.5, 0.6) is 0 Å². The molecule has 0 bridgehead atoms. The zero-order valence-corrected chi connectivity index (χ0v) is 27.1. The summed E-state index contributed by atoms with van der Waals surface area (Å²) in [5.74, 6) is 1.03. The number of fused-ring (bicyclic) bond motifs is 1. The van der Waals surface area contributed by atoms with E-state index in [-0.39, 0.29) is 16.7 Å². The van der Waals surface area contributed by atoms with Gasteiger partial charge in [-0.05, 0) is 102 Å². The van der Waals surface area contributed by atoms with E-state index in [4.69, 9.17) is 27.6 Å². The Morgan fingerprint density at radius 1 is 0.833 bits per heavy atom. The van der Waals surface area contributed by atoms with Crippen LogP contribution in [0, 0.1) is 13.8 Å². The number of carbonyl (C=O) groups excluding carboxylic acids is 1. The van der Waals surface area contributed by atoms with Crippen LogP contribution in [0.2, 0.25) is 10.0 Å². The van der Waals surface area contributed by atoms with E-state index in [2.05, 4.69) is 77.9 Å². The predicted molar refractivity (Wildman–Crippen MR) is 174 cm³/mol. The first-order valence-electron chi connectivity index (χ1n) is 14.8. The van der Waals surface area contributed by atoms with Crippen molar-refractivity contribution >= 4 is 29.1 Å². The topological polar surface area (TPSA) is 33.5 Å². The highest BCUT2D eigenvalue weighted by atomic mass is 35.5. The summed E-state index contributed by atoms with van der Waals surface area (Å²) < 4.78 is 6.24. The largest absolute Gasteiger partial charge is 0.456 e. The predicted octanol–water partition coefficient (Wildman–Crippen LogP) is 10.0. The van der Waals surface area contributed by atoms with E-state index in [1.165, 1.54) is 40.7 Å². The van der Waals surface area contributed by atoms with Crippen LogP contribution in [0.4, 0.5) is 0 Å². The SMILES string of the molecule is Cc1ccc(CN(CCc2ccc(Cl)cc2Cl)C(=O)c2ccc(Cc3cc4c(cc3C)C(C)(C)CCC4(C)C)o2)cc1. The normalized spacial score (nSPS) is 15.3. The zero-order chi connectivity index (χ0) is 30.2. The Hall–Kier alpha value is -3.01. The van der Waals surface area contributed by atoms with Crippen LogP contribution in [0.1, 0.15) is 95.8 Å². The van der Waals surface area contributed by atoms with Gasteiger partial charge in [0.15, 0.2) is 5.76 Å². The van der Waals surface area contributed by atoms with Gasteiger partial charge in [0.25, 0.3) is 5.91 Å². The van der Waals surface area contributed by atoms with Gasteiger partial charge in [0, 0.05) is 29.6 Å². The van der Waals surface area contributed by atoms with Gasteiger partial charge in [-0.3, -0.25) is 4.79 Å². The molecule has 0 fully saturated rings. The van der Waals surface area contributed by atoms with E-state index in [0.717, 1.165) is 16.9 Å². The number of aryl methyl sites for hydroxylation is 2. The van der Waals surface area contributed by atoms with Gasteiger partial charge in [-0.15, -0.1) is 0 Å². The molecule has 1 aliphatic carbocycles. The Morgan fingerprint density at radius 2 is 1.50 bits per heavy atom. The number of halogens is 2. The molecular formula is C37H41Cl2NO2. The molecule has 0 atom stereocenters. The lowest BCUT2D eigenvalue weighted by Crippen LogP contribution is -2.34. The van der Waals surface area contributed by atoms with Crippen LogP contribution in [-0.2, 0) is 30.2 Å². The number of rotatable bonds is 8. The van der Waals surface area contributed by atoms with Crippen molar-refractivity contribution in [2.24, 2.45) is 0 Å². The lowest BCUT2D eigenvalue weighted by Gasteiger charge is -2.42. The molecule has 5 heteroatoms. The Balaban J connectivity index is 1.38. The molecule has 0 spiro atoms. The molecule has 1 aliphatic rings. The van der Waals surface area contributed by atoms with Crippen molar-refractivity contribution in [2.45, 2.75) is 84.6 Å². The molecule has 4 aromatic rings. The fourth-order valence-electron chi connectivity index (χ4n) is 6.03. The van der Waals surface area contributed by atoms with E-state index < -0.39 is 0 Å². The lowest BCUT2D eigenvalue weighted by atomic mass is 9.62. The van der Waals surface area contributed by atoms with Crippen LogP contribution in [-0.4, -0.2) is 17.4 Å². The number of carbonyl (C=O) groups is 1. The molecule has 0 saturated heterocycles. The maximum Gasteiger partial charge on any atom is 0.289 e. The summed E-state index contributed by atoms with van der Waals surface area (Å²) in [6, 6.07) is 22.3. The molecule has 0 N–H and O–H groups in total. The molecule has 1 heterocycles. The molecule has 3 aromatic carbocycles. The molecule has 1 aromatic heterocycles. The molecule has 0 saturated carbocycles. The highest BCUT2D eigenvalue weighted by molar-refractivity contribution is 6.35. The molecule has 42 heavy (non-hydrogen) atoms. The van der Waals surface area contributed by atoms with Crippen LogP contribution >= 0.6 is 23.2 Å². The number of amides is 1. The average Bonchev–Trinajstić information content (AvgIpc) is 3.40. The van der Waals surface area contributed by atoms with Crippen LogP contribution in [0.25, 0.3) is 0 Å². The molecule has 220 valence electrons. The van der Waals surface area contributed by atoms with E-state index in [0.29, 0.717) is 41.7 Å². The molecule has 0 aliphatic heterocycles. The number of furan rings is 1. The minimum Gasteiger partial charge on any atom is -0.456 e. The second kappa shape index (κ2) is 11.9. The summed E-state index contributed by atoms with van der Waals surface area (Å²) in [6.45, 7) is 14.6. The molecule has 1 amide bonds. The van der Waals surface area contributed by atoms with E-state index in [1.54, 1.807) is 6.07 Å². The third kappa shape index (κ3) is 6.63. The van der Waals surface area contributed by atoms with Crippen molar-refractivity contribution in [2.75, 3.05) is 6.54 Å². The van der Waals surface area contributed by atoms with Gasteiger partial charge in [-0.2, -0.15) is 0 Å². The van der Waals surface area contributed by atoms with Crippen LogP contribution in [0.15, 0.2) is 71.1 Å². The second-order valence-electron chi connectivity index (χ2n) is 13.2. The first kappa shape index (κ1) is 30.4. The Labute approximate surface area is 260 Å². The molecule has 0 radical (unpaired) electrons. The lowest BCUT2D eigenvalue weighted by molar-refractivity contribution is 0.0711. The maximum absolute atomic E-state index is 13.8. The van der Waals surface area contributed by atoms with Gasteiger partial charge >= 0.3 is 0 Å². The minimum atomic E-state index is -0.128. The van der Waals surface area contributed by atoms with Gasteiger partial charge in [0.2, 0.25) is 0 Å². The average molecular weight is 603 g/mol. The number of hydrogen-bond acceptors (Lipinski definition) is 2. The Kier molecular flexibility index (Phi) is 8.65. The Morgan fingerprint density at radius 3 is 2.17 bits per heavy atom. The number of hydrogen-bond donors (Lipinski definition) is 0. The Bertz CT molecular complexity index is 1600. The molecule has 0 unspecified atom stereocenters. The summed E-state index contributed by atoms with van der Waals surface area (Å²) in [5, 5.41) is 1.21. The third-order valence-electron chi connectivity index (χ3n) is 8.99. The summed E-state index contributed by atoms with van der Waals surface area (Å²) in [5.41, 5.74) is 8.94. The van der Waals surface area contributed by atoms with Crippen LogP contribution in [0.3, 0.4) is 0 Å². The van der Waals surface area contributed by atoms with Gasteiger partial charge in [0.05, 0.1) is 0 Å². The van der Waals surface area contributed by atoms with E-state index >= 15 is 0 Å². The zero-order valence-electron chi connectivity index (χ0n) is 25.6. The number of nitrogens with zero attached hydrogens (tertiary/aromatic N) is 1. The van der Waals surface area contributed by atoms with Crippen LogP contribution < -0.4 is 0 Å². The minimum absolute atomic E-state index is 0.128. The fraction of sp³-hybridized carbons (Fsp3) is 0.378. The molecule has 5 rings (SSSR count). The van der Waals surface area contributed by atoms with E-state index in [1.807, 2.05) is 29.2 Å². The van der Waals surface area contributed by atoms with Gasteiger partial charge < -0.3 is 9.32 Å². The van der Waals surface area contributed by atoms with Gasteiger partial charge in [-0.1, -0.05) is 98.9 Å². The standard InChI is InChI=1S/C37H41Cl2NO2/c1-24-7-9-26(10-8-24)23-40(18-15-27-11-12-29(38)22-33(27)39)35(41)34-14-13-30(42-34)20-28-21-32-31(19-25(28)2)36(3,4)16-17-37(32,5)6/h7-14,19,21-22H,15-18,20,23H2,1-6H3. The van der Waals surface area contributed by atoms with E-state index in [9.17, 15) is 4.79 Å². The van der Waals surface area contributed by atoms with Crippen molar-refractivity contribution in [3.63, 3.8) is 0 Å². The quantitative estimate of drug-likeness (QED) is 0.201. The summed E-state index contributed by atoms with van der Waals surface area (Å²) in [7, 11) is 0.